The second-order valence-electron chi connectivity index (χ2n) is 7.75. The zero-order chi connectivity index (χ0) is 19.6. The summed E-state index contributed by atoms with van der Waals surface area (Å²) >= 11 is 0. The van der Waals surface area contributed by atoms with Crippen LogP contribution in [0.1, 0.15) is 47.2 Å². The highest BCUT2D eigenvalue weighted by Crippen LogP contribution is 2.23. The summed E-state index contributed by atoms with van der Waals surface area (Å²) in [6.07, 6.45) is 0.289. The molecule has 2 unspecified atom stereocenters. The predicted molar refractivity (Wildman–Crippen MR) is 107 cm³/mol. The van der Waals surface area contributed by atoms with E-state index >= 15 is 0 Å². The van der Waals surface area contributed by atoms with Crippen LogP contribution in [0.15, 0.2) is 42.5 Å². The Labute approximate surface area is 161 Å². The molecule has 1 saturated heterocycles. The van der Waals surface area contributed by atoms with Crippen LogP contribution < -0.4 is 5.32 Å². The molecule has 1 aliphatic rings. The first-order chi connectivity index (χ1) is 12.8. The highest BCUT2D eigenvalue weighted by molar-refractivity contribution is 5.89. The van der Waals surface area contributed by atoms with Gasteiger partial charge >= 0.3 is 0 Å². The summed E-state index contributed by atoms with van der Waals surface area (Å²) in [7, 11) is 0. The summed E-state index contributed by atoms with van der Waals surface area (Å²) in [6.45, 7) is 9.20. The molecule has 2 aromatic rings. The Kier molecular flexibility index (Phi) is 5.64. The van der Waals surface area contributed by atoms with Crippen molar-refractivity contribution in [1.82, 2.24) is 10.2 Å². The smallest absolute Gasteiger partial charge is 0.225 e. The number of aryl methyl sites for hydroxylation is 3. The fourth-order valence-electron chi connectivity index (χ4n) is 3.65. The Morgan fingerprint density at radius 2 is 1.78 bits per heavy atom. The van der Waals surface area contributed by atoms with E-state index in [4.69, 9.17) is 0 Å². The van der Waals surface area contributed by atoms with E-state index in [9.17, 15) is 9.59 Å². The van der Waals surface area contributed by atoms with E-state index in [-0.39, 0.29) is 30.2 Å². The average molecular weight is 364 g/mol. The molecule has 2 aromatic carbocycles. The summed E-state index contributed by atoms with van der Waals surface area (Å²) in [4.78, 5) is 26.9. The Morgan fingerprint density at radius 1 is 1.11 bits per heavy atom. The minimum Gasteiger partial charge on any atom is -0.349 e. The molecule has 4 heteroatoms. The fourth-order valence-corrected chi connectivity index (χ4v) is 3.65. The van der Waals surface area contributed by atoms with Crippen molar-refractivity contribution in [3.63, 3.8) is 0 Å². The molecular weight excluding hydrogens is 336 g/mol. The highest BCUT2D eigenvalue weighted by Gasteiger charge is 2.34. The van der Waals surface area contributed by atoms with Gasteiger partial charge in [0.25, 0.3) is 0 Å². The van der Waals surface area contributed by atoms with E-state index in [0.717, 1.165) is 16.7 Å². The van der Waals surface area contributed by atoms with Crippen molar-refractivity contribution in [2.45, 2.75) is 46.7 Å². The number of hydrogen-bond donors (Lipinski definition) is 1. The van der Waals surface area contributed by atoms with Crippen LogP contribution in [0.4, 0.5) is 0 Å². The molecule has 0 spiro atoms. The molecule has 27 heavy (non-hydrogen) atoms. The summed E-state index contributed by atoms with van der Waals surface area (Å²) in [5.41, 5.74) is 5.76. The third-order valence-electron chi connectivity index (χ3n) is 5.34. The molecule has 4 nitrogen and oxygen atoms in total. The van der Waals surface area contributed by atoms with Gasteiger partial charge < -0.3 is 10.2 Å². The second kappa shape index (κ2) is 7.95. The van der Waals surface area contributed by atoms with E-state index < -0.39 is 0 Å². The Bertz CT molecular complexity index is 842. The monoisotopic (exact) mass is 364 g/mol. The van der Waals surface area contributed by atoms with Crippen molar-refractivity contribution in [2.24, 2.45) is 5.92 Å². The number of rotatable bonds is 5. The van der Waals surface area contributed by atoms with Gasteiger partial charge in [0.2, 0.25) is 11.8 Å². The van der Waals surface area contributed by atoms with Crippen molar-refractivity contribution >= 4 is 11.8 Å². The molecule has 2 atom stereocenters. The number of carbonyl (C=O) groups is 2. The topological polar surface area (TPSA) is 49.4 Å². The van der Waals surface area contributed by atoms with E-state index in [0.29, 0.717) is 13.1 Å². The number of nitrogens with zero attached hydrogens (tertiary/aromatic N) is 1. The van der Waals surface area contributed by atoms with E-state index in [1.165, 1.54) is 11.1 Å². The molecular formula is C23H28N2O2. The molecule has 142 valence electrons. The van der Waals surface area contributed by atoms with Gasteiger partial charge in [-0.1, -0.05) is 53.6 Å². The minimum absolute atomic E-state index is 0.0387. The first-order valence-electron chi connectivity index (χ1n) is 9.54. The molecule has 0 saturated carbocycles. The fraction of sp³-hybridized carbons (Fsp3) is 0.391. The molecule has 3 rings (SSSR count). The predicted octanol–water partition coefficient (Wildman–Crippen LogP) is 3.84. The molecule has 1 aliphatic heterocycles. The molecule has 0 aromatic heterocycles. The first-order valence-corrected chi connectivity index (χ1v) is 9.54. The van der Waals surface area contributed by atoms with Crippen LogP contribution in [-0.2, 0) is 16.1 Å². The van der Waals surface area contributed by atoms with E-state index in [1.807, 2.05) is 38.1 Å². The normalized spacial score (nSPS) is 17.9. The Hall–Kier alpha value is -2.62. The van der Waals surface area contributed by atoms with Gasteiger partial charge in [0.15, 0.2) is 0 Å². The quantitative estimate of drug-likeness (QED) is 0.876. The number of carbonyl (C=O) groups excluding carboxylic acids is 2. The molecule has 2 amide bonds. The van der Waals surface area contributed by atoms with Crippen molar-refractivity contribution in [2.75, 3.05) is 6.54 Å². The number of hydrogen-bond acceptors (Lipinski definition) is 2. The highest BCUT2D eigenvalue weighted by atomic mass is 16.2. The lowest BCUT2D eigenvalue weighted by molar-refractivity contribution is -0.129. The maximum Gasteiger partial charge on any atom is 0.225 e. The van der Waals surface area contributed by atoms with Crippen molar-refractivity contribution in [1.29, 1.82) is 0 Å². The third kappa shape index (κ3) is 4.57. The van der Waals surface area contributed by atoms with Crippen LogP contribution in [0, 0.1) is 26.7 Å². The Morgan fingerprint density at radius 3 is 2.48 bits per heavy atom. The lowest BCUT2D eigenvalue weighted by Gasteiger charge is -2.20. The van der Waals surface area contributed by atoms with Crippen LogP contribution in [0.5, 0.6) is 0 Å². The maximum absolute atomic E-state index is 12.7. The lowest BCUT2D eigenvalue weighted by atomic mass is 9.99. The van der Waals surface area contributed by atoms with Crippen molar-refractivity contribution < 1.29 is 9.59 Å². The number of amides is 2. The summed E-state index contributed by atoms with van der Waals surface area (Å²) in [6, 6.07) is 14.4. The van der Waals surface area contributed by atoms with Gasteiger partial charge in [0.1, 0.15) is 0 Å². The zero-order valence-corrected chi connectivity index (χ0v) is 16.6. The van der Waals surface area contributed by atoms with Gasteiger partial charge in [0, 0.05) is 19.5 Å². The molecule has 0 radical (unpaired) electrons. The second-order valence-corrected chi connectivity index (χ2v) is 7.75. The summed E-state index contributed by atoms with van der Waals surface area (Å²) < 4.78 is 0. The van der Waals surface area contributed by atoms with Crippen LogP contribution in [0.2, 0.25) is 0 Å². The van der Waals surface area contributed by atoms with Gasteiger partial charge in [-0.3, -0.25) is 9.59 Å². The van der Waals surface area contributed by atoms with Gasteiger partial charge in [-0.2, -0.15) is 0 Å². The maximum atomic E-state index is 12.7. The average Bonchev–Trinajstić information content (AvgIpc) is 2.99. The molecule has 1 heterocycles. The largest absolute Gasteiger partial charge is 0.349 e. The number of likely N-dealkylation sites (tertiary alicyclic amines) is 1. The first kappa shape index (κ1) is 19.2. The van der Waals surface area contributed by atoms with E-state index in [2.05, 4.69) is 37.4 Å². The molecule has 1 fully saturated rings. The standard InChI is InChI=1S/C23H28N2O2/c1-15-6-9-19(10-7-15)13-25-14-20(12-22(25)26)23(27)24-18(4)21-11-16(2)5-8-17(21)3/h5-11,18,20H,12-14H2,1-4H3,(H,24,27). The van der Waals surface area contributed by atoms with Gasteiger partial charge in [-0.05, 0) is 44.4 Å². The van der Waals surface area contributed by atoms with Crippen LogP contribution in [0.25, 0.3) is 0 Å². The lowest BCUT2D eigenvalue weighted by Crippen LogP contribution is -2.34. The SMILES string of the molecule is Cc1ccc(CN2CC(C(=O)NC(C)c3cc(C)ccc3C)CC2=O)cc1. The van der Waals surface area contributed by atoms with Crippen LogP contribution >= 0.6 is 0 Å². The van der Waals surface area contributed by atoms with Crippen molar-refractivity contribution in [3.8, 4) is 0 Å². The Balaban J connectivity index is 1.61. The van der Waals surface area contributed by atoms with Crippen LogP contribution in [0.3, 0.4) is 0 Å². The number of nitrogens with one attached hydrogen (secondary N) is 1. The van der Waals surface area contributed by atoms with Gasteiger partial charge in [-0.25, -0.2) is 0 Å². The molecule has 0 bridgehead atoms. The van der Waals surface area contributed by atoms with Gasteiger partial charge in [-0.15, -0.1) is 0 Å². The zero-order valence-electron chi connectivity index (χ0n) is 16.6. The summed E-state index contributed by atoms with van der Waals surface area (Å²) in [5, 5.41) is 3.10. The minimum atomic E-state index is -0.282. The summed E-state index contributed by atoms with van der Waals surface area (Å²) in [5.74, 6) is -0.270. The number of benzene rings is 2. The molecule has 1 N–H and O–H groups in total. The third-order valence-corrected chi connectivity index (χ3v) is 5.34. The van der Waals surface area contributed by atoms with Crippen molar-refractivity contribution in [3.05, 3.63) is 70.3 Å². The molecule has 0 aliphatic carbocycles. The van der Waals surface area contributed by atoms with Crippen LogP contribution in [-0.4, -0.2) is 23.3 Å². The van der Waals surface area contributed by atoms with E-state index in [1.54, 1.807) is 4.90 Å². The van der Waals surface area contributed by atoms with Gasteiger partial charge in [0.05, 0.1) is 12.0 Å².